The van der Waals surface area contributed by atoms with Gasteiger partial charge in [-0.1, -0.05) is 12.1 Å². The van der Waals surface area contributed by atoms with E-state index in [-0.39, 0.29) is 23.5 Å². The Morgan fingerprint density at radius 2 is 1.67 bits per heavy atom. The highest BCUT2D eigenvalue weighted by Gasteiger charge is 2.44. The minimum atomic E-state index is -0.248. The number of halogens is 2. The number of hydrogen-bond donors (Lipinski definition) is 0. The smallest absolute Gasteiger partial charge is 0.234 e. The van der Waals surface area contributed by atoms with Gasteiger partial charge in [0.25, 0.3) is 0 Å². The monoisotopic (exact) mass is 406 g/mol. The van der Waals surface area contributed by atoms with E-state index in [0.717, 1.165) is 30.8 Å². The Labute approximate surface area is 173 Å². The fourth-order valence-corrected chi connectivity index (χ4v) is 4.17. The molecule has 2 heterocycles. The van der Waals surface area contributed by atoms with E-state index in [1.165, 1.54) is 18.2 Å². The first-order valence-corrected chi connectivity index (χ1v) is 10.0. The van der Waals surface area contributed by atoms with Crippen LogP contribution < -0.4 is 9.80 Å². The number of oxazole rings is 1. The molecule has 1 aromatic heterocycles. The van der Waals surface area contributed by atoms with Crippen molar-refractivity contribution >= 4 is 11.6 Å². The van der Waals surface area contributed by atoms with Gasteiger partial charge in [0.15, 0.2) is 0 Å². The van der Waals surface area contributed by atoms with E-state index in [0.29, 0.717) is 30.6 Å². The van der Waals surface area contributed by atoms with Crippen molar-refractivity contribution in [3.05, 3.63) is 77.3 Å². The molecule has 2 aliphatic rings. The SMILES string of the molecule is N#Cc1nc(C2CC2c2cccc(F)c2)oc1N1CCN(c2ccc(F)cc2)CC1. The van der Waals surface area contributed by atoms with Gasteiger partial charge in [-0.25, -0.2) is 13.8 Å². The fraction of sp³-hybridized carbons (Fsp3) is 0.304. The molecule has 0 radical (unpaired) electrons. The molecule has 3 aromatic rings. The summed E-state index contributed by atoms with van der Waals surface area (Å²) in [5.41, 5.74) is 2.21. The average Bonchev–Trinajstić information content (AvgIpc) is 3.46. The first-order valence-electron chi connectivity index (χ1n) is 10.0. The molecule has 30 heavy (non-hydrogen) atoms. The number of hydrogen-bond acceptors (Lipinski definition) is 5. The Morgan fingerprint density at radius 3 is 2.37 bits per heavy atom. The van der Waals surface area contributed by atoms with Crippen LogP contribution in [0.2, 0.25) is 0 Å². The zero-order chi connectivity index (χ0) is 20.7. The van der Waals surface area contributed by atoms with Crippen LogP contribution in [0.4, 0.5) is 20.4 Å². The number of nitriles is 1. The Bertz CT molecular complexity index is 1100. The van der Waals surface area contributed by atoms with Crippen LogP contribution in [-0.2, 0) is 0 Å². The molecule has 0 N–H and O–H groups in total. The number of piperazine rings is 1. The fourth-order valence-electron chi connectivity index (χ4n) is 4.17. The summed E-state index contributed by atoms with van der Waals surface area (Å²) in [6, 6.07) is 15.2. The molecular weight excluding hydrogens is 386 g/mol. The van der Waals surface area contributed by atoms with E-state index >= 15 is 0 Å². The van der Waals surface area contributed by atoms with E-state index < -0.39 is 0 Å². The van der Waals surface area contributed by atoms with Crippen molar-refractivity contribution < 1.29 is 13.2 Å². The van der Waals surface area contributed by atoms with E-state index in [1.54, 1.807) is 24.3 Å². The molecule has 0 bridgehead atoms. The summed E-state index contributed by atoms with van der Waals surface area (Å²) in [5, 5.41) is 9.55. The molecular formula is C23H20F2N4O. The van der Waals surface area contributed by atoms with Gasteiger partial charge in [-0.2, -0.15) is 5.26 Å². The maximum absolute atomic E-state index is 13.5. The highest BCUT2D eigenvalue weighted by atomic mass is 19.1. The predicted molar refractivity (Wildman–Crippen MR) is 109 cm³/mol. The lowest BCUT2D eigenvalue weighted by molar-refractivity contribution is 0.476. The van der Waals surface area contributed by atoms with Crippen LogP contribution in [0.15, 0.2) is 52.9 Å². The van der Waals surface area contributed by atoms with Gasteiger partial charge in [0.2, 0.25) is 17.5 Å². The van der Waals surface area contributed by atoms with Gasteiger partial charge in [0.1, 0.15) is 17.7 Å². The molecule has 5 rings (SSSR count). The largest absolute Gasteiger partial charge is 0.423 e. The Kier molecular flexibility index (Phi) is 4.62. The number of aromatic nitrogens is 1. The highest BCUT2D eigenvalue weighted by Crippen LogP contribution is 2.55. The summed E-state index contributed by atoms with van der Waals surface area (Å²) < 4.78 is 32.7. The molecule has 2 aromatic carbocycles. The second-order valence-electron chi connectivity index (χ2n) is 7.77. The molecule has 2 atom stereocenters. The van der Waals surface area contributed by atoms with Crippen molar-refractivity contribution in [1.82, 2.24) is 4.98 Å². The van der Waals surface area contributed by atoms with Crippen LogP contribution in [0.25, 0.3) is 0 Å². The number of nitrogens with zero attached hydrogens (tertiary/aromatic N) is 4. The van der Waals surface area contributed by atoms with Crippen molar-refractivity contribution in [2.75, 3.05) is 36.0 Å². The Balaban J connectivity index is 1.29. The van der Waals surface area contributed by atoms with Gasteiger partial charge in [-0.05, 0) is 54.3 Å². The number of benzene rings is 2. The first kappa shape index (κ1) is 18.6. The molecule has 7 heteroatoms. The van der Waals surface area contributed by atoms with Crippen molar-refractivity contribution in [3.8, 4) is 6.07 Å². The third-order valence-electron chi connectivity index (χ3n) is 5.87. The maximum atomic E-state index is 13.5. The second-order valence-corrected chi connectivity index (χ2v) is 7.77. The van der Waals surface area contributed by atoms with Gasteiger partial charge >= 0.3 is 0 Å². The summed E-state index contributed by atoms with van der Waals surface area (Å²) in [5.74, 6) is 0.819. The third-order valence-corrected chi connectivity index (χ3v) is 5.87. The molecule has 1 aliphatic heterocycles. The Hall–Kier alpha value is -3.40. The lowest BCUT2D eigenvalue weighted by Crippen LogP contribution is -2.46. The van der Waals surface area contributed by atoms with Gasteiger partial charge in [-0.3, -0.25) is 0 Å². The van der Waals surface area contributed by atoms with Crippen LogP contribution >= 0.6 is 0 Å². The normalized spacial score (nSPS) is 20.8. The average molecular weight is 406 g/mol. The van der Waals surface area contributed by atoms with E-state index in [4.69, 9.17) is 4.42 Å². The van der Waals surface area contributed by atoms with E-state index in [2.05, 4.69) is 16.0 Å². The van der Waals surface area contributed by atoms with Crippen LogP contribution in [-0.4, -0.2) is 31.2 Å². The van der Waals surface area contributed by atoms with Crippen molar-refractivity contribution in [2.45, 2.75) is 18.3 Å². The van der Waals surface area contributed by atoms with E-state index in [9.17, 15) is 14.0 Å². The van der Waals surface area contributed by atoms with Crippen LogP contribution in [0.5, 0.6) is 0 Å². The van der Waals surface area contributed by atoms with Crippen molar-refractivity contribution in [1.29, 1.82) is 5.26 Å². The molecule has 0 amide bonds. The molecule has 5 nitrogen and oxygen atoms in total. The van der Waals surface area contributed by atoms with Gasteiger partial charge in [0, 0.05) is 37.8 Å². The number of anilines is 2. The third kappa shape index (κ3) is 3.50. The lowest BCUT2D eigenvalue weighted by atomic mass is 10.1. The summed E-state index contributed by atoms with van der Waals surface area (Å²) in [4.78, 5) is 8.65. The maximum Gasteiger partial charge on any atom is 0.234 e. The minimum Gasteiger partial charge on any atom is -0.423 e. The number of rotatable bonds is 4. The van der Waals surface area contributed by atoms with E-state index in [1.807, 2.05) is 11.0 Å². The minimum absolute atomic E-state index is 0.0770. The van der Waals surface area contributed by atoms with Crippen LogP contribution in [0.1, 0.15) is 35.4 Å². The molecule has 0 spiro atoms. The highest BCUT2D eigenvalue weighted by molar-refractivity contribution is 5.52. The topological polar surface area (TPSA) is 56.3 Å². The molecule has 152 valence electrons. The molecule has 1 saturated carbocycles. The van der Waals surface area contributed by atoms with Crippen LogP contribution in [0, 0.1) is 23.0 Å². The second kappa shape index (κ2) is 7.45. The first-order chi connectivity index (χ1) is 14.6. The van der Waals surface area contributed by atoms with Crippen LogP contribution in [0.3, 0.4) is 0 Å². The molecule has 1 saturated heterocycles. The summed E-state index contributed by atoms with van der Waals surface area (Å²) in [6.45, 7) is 2.83. The standard InChI is InChI=1S/C23H20F2N4O/c24-16-4-6-18(7-5-16)28-8-10-29(11-9-28)23-21(14-26)27-22(30-23)20-13-19(20)15-2-1-3-17(25)12-15/h1-7,12,19-20H,8-11,13H2. The predicted octanol–water partition coefficient (Wildman–Crippen LogP) is 4.42. The quantitative estimate of drug-likeness (QED) is 0.642. The van der Waals surface area contributed by atoms with Gasteiger partial charge in [0.05, 0.1) is 0 Å². The Morgan fingerprint density at radius 1 is 0.933 bits per heavy atom. The zero-order valence-corrected chi connectivity index (χ0v) is 16.3. The molecule has 1 aliphatic carbocycles. The van der Waals surface area contributed by atoms with Gasteiger partial charge in [-0.15, -0.1) is 0 Å². The lowest BCUT2D eigenvalue weighted by Gasteiger charge is -2.35. The van der Waals surface area contributed by atoms with Crippen molar-refractivity contribution in [3.63, 3.8) is 0 Å². The van der Waals surface area contributed by atoms with Crippen molar-refractivity contribution in [2.24, 2.45) is 0 Å². The summed E-state index contributed by atoms with van der Waals surface area (Å²) in [7, 11) is 0. The molecule has 2 fully saturated rings. The summed E-state index contributed by atoms with van der Waals surface area (Å²) >= 11 is 0. The zero-order valence-electron chi connectivity index (χ0n) is 16.3. The molecule has 2 unspecified atom stereocenters. The van der Waals surface area contributed by atoms with Gasteiger partial charge < -0.3 is 14.2 Å². The summed E-state index contributed by atoms with van der Waals surface area (Å²) in [6.07, 6.45) is 0.840.